The Hall–Kier alpha value is -1.07. The van der Waals surface area contributed by atoms with E-state index in [1.54, 1.807) is 7.05 Å². The van der Waals surface area contributed by atoms with Gasteiger partial charge in [-0.05, 0) is 51.5 Å². The van der Waals surface area contributed by atoms with Crippen LogP contribution in [0.25, 0.3) is 0 Å². The van der Waals surface area contributed by atoms with Crippen LogP contribution >= 0.6 is 15.9 Å². The molecule has 0 unspecified atom stereocenters. The molecular formula is C16H26BrN3O. The largest absolute Gasteiger partial charge is 0.362 e. The number of nitrogens with zero attached hydrogens (tertiary/aromatic N) is 1. The molecule has 0 aliphatic rings. The fourth-order valence-electron chi connectivity index (χ4n) is 1.98. The van der Waals surface area contributed by atoms with E-state index >= 15 is 0 Å². The molecule has 0 spiro atoms. The van der Waals surface area contributed by atoms with Crippen molar-refractivity contribution < 1.29 is 4.79 Å². The fraction of sp³-hybridized carbons (Fsp3) is 0.562. The van der Waals surface area contributed by atoms with Crippen molar-refractivity contribution in [2.75, 3.05) is 25.0 Å². The van der Waals surface area contributed by atoms with Gasteiger partial charge in [-0.3, -0.25) is 4.79 Å². The van der Waals surface area contributed by atoms with E-state index in [9.17, 15) is 4.79 Å². The van der Waals surface area contributed by atoms with Crippen LogP contribution in [0.1, 0.15) is 33.3 Å². The Kier molecular flexibility index (Phi) is 6.68. The minimum absolute atomic E-state index is 0.0227. The third-order valence-corrected chi connectivity index (χ3v) is 3.68. The summed E-state index contributed by atoms with van der Waals surface area (Å²) in [5, 5.41) is 6.19. The average Bonchev–Trinajstić information content (AvgIpc) is 2.42. The SMILES string of the molecule is CCN(CC(=O)NC)c1ccc(Br)cc1CNC(C)(C)C. The van der Waals surface area contributed by atoms with Gasteiger partial charge < -0.3 is 15.5 Å². The summed E-state index contributed by atoms with van der Waals surface area (Å²) in [6.07, 6.45) is 0. The first-order valence-corrected chi connectivity index (χ1v) is 8.05. The molecule has 0 aromatic heterocycles. The van der Waals surface area contributed by atoms with Crippen LogP contribution < -0.4 is 15.5 Å². The van der Waals surface area contributed by atoms with Crippen LogP contribution in [0.4, 0.5) is 5.69 Å². The molecule has 0 bridgehead atoms. The summed E-state index contributed by atoms with van der Waals surface area (Å²) in [7, 11) is 1.67. The number of carbonyl (C=O) groups is 1. The zero-order chi connectivity index (χ0) is 16.0. The lowest BCUT2D eigenvalue weighted by atomic mass is 10.1. The van der Waals surface area contributed by atoms with Gasteiger partial charge in [0.1, 0.15) is 0 Å². The lowest BCUT2D eigenvalue weighted by Crippen LogP contribution is -2.38. The zero-order valence-corrected chi connectivity index (χ0v) is 15.2. The van der Waals surface area contributed by atoms with E-state index in [2.05, 4.69) is 71.3 Å². The number of rotatable bonds is 6. The smallest absolute Gasteiger partial charge is 0.239 e. The van der Waals surface area contributed by atoms with E-state index in [1.807, 2.05) is 6.07 Å². The Morgan fingerprint density at radius 2 is 2.00 bits per heavy atom. The van der Waals surface area contributed by atoms with Gasteiger partial charge in [0.2, 0.25) is 5.91 Å². The number of amides is 1. The Labute approximate surface area is 136 Å². The molecule has 1 aromatic rings. The molecule has 5 heteroatoms. The van der Waals surface area contributed by atoms with Crippen LogP contribution in [0.15, 0.2) is 22.7 Å². The number of halogens is 1. The molecule has 0 saturated heterocycles. The van der Waals surface area contributed by atoms with Crippen LogP contribution in [0.5, 0.6) is 0 Å². The van der Waals surface area contributed by atoms with Gasteiger partial charge in [-0.2, -0.15) is 0 Å². The minimum Gasteiger partial charge on any atom is -0.362 e. The predicted molar refractivity (Wildman–Crippen MR) is 92.7 cm³/mol. The third-order valence-electron chi connectivity index (χ3n) is 3.19. The van der Waals surface area contributed by atoms with Gasteiger partial charge in [0, 0.05) is 35.8 Å². The molecule has 2 N–H and O–H groups in total. The third kappa shape index (κ3) is 6.06. The van der Waals surface area contributed by atoms with Crippen molar-refractivity contribution >= 4 is 27.5 Å². The van der Waals surface area contributed by atoms with E-state index in [1.165, 1.54) is 5.56 Å². The Balaban J connectivity index is 3.00. The van der Waals surface area contributed by atoms with Crippen LogP contribution in [0.2, 0.25) is 0 Å². The molecule has 21 heavy (non-hydrogen) atoms. The fourth-order valence-corrected chi connectivity index (χ4v) is 2.39. The first-order valence-electron chi connectivity index (χ1n) is 7.25. The molecule has 0 atom stereocenters. The molecule has 0 heterocycles. The summed E-state index contributed by atoms with van der Waals surface area (Å²) >= 11 is 3.53. The number of hydrogen-bond donors (Lipinski definition) is 2. The van der Waals surface area contributed by atoms with Gasteiger partial charge in [-0.15, -0.1) is 0 Å². The topological polar surface area (TPSA) is 44.4 Å². The molecule has 118 valence electrons. The summed E-state index contributed by atoms with van der Waals surface area (Å²) < 4.78 is 1.05. The van der Waals surface area contributed by atoms with E-state index in [0.29, 0.717) is 6.54 Å². The van der Waals surface area contributed by atoms with Gasteiger partial charge in [-0.1, -0.05) is 15.9 Å². The lowest BCUT2D eigenvalue weighted by molar-refractivity contribution is -0.119. The molecule has 1 amide bonds. The van der Waals surface area contributed by atoms with Crippen molar-refractivity contribution in [3.05, 3.63) is 28.2 Å². The number of anilines is 1. The van der Waals surface area contributed by atoms with Crippen LogP contribution in [0.3, 0.4) is 0 Å². The monoisotopic (exact) mass is 355 g/mol. The maximum atomic E-state index is 11.7. The van der Waals surface area contributed by atoms with Gasteiger partial charge in [0.05, 0.1) is 6.54 Å². The van der Waals surface area contributed by atoms with Gasteiger partial charge in [-0.25, -0.2) is 0 Å². The second kappa shape index (κ2) is 7.80. The molecular weight excluding hydrogens is 330 g/mol. The normalized spacial score (nSPS) is 11.3. The summed E-state index contributed by atoms with van der Waals surface area (Å²) in [6.45, 7) is 10.4. The Morgan fingerprint density at radius 1 is 1.33 bits per heavy atom. The van der Waals surface area contributed by atoms with Crippen molar-refractivity contribution in [1.82, 2.24) is 10.6 Å². The average molecular weight is 356 g/mol. The van der Waals surface area contributed by atoms with Crippen LogP contribution in [-0.2, 0) is 11.3 Å². The Bertz CT molecular complexity index is 483. The van der Waals surface area contributed by atoms with Crippen LogP contribution in [0, 0.1) is 0 Å². The van der Waals surface area contributed by atoms with Gasteiger partial charge in [0.25, 0.3) is 0 Å². The minimum atomic E-state index is 0.0227. The molecule has 4 nitrogen and oxygen atoms in total. The highest BCUT2D eigenvalue weighted by Crippen LogP contribution is 2.25. The first-order chi connectivity index (χ1) is 9.76. The highest BCUT2D eigenvalue weighted by Gasteiger charge is 2.15. The van der Waals surface area contributed by atoms with Crippen molar-refractivity contribution in [2.24, 2.45) is 0 Å². The standard InChI is InChI=1S/C16H26BrN3O/c1-6-20(11-15(21)18-5)14-8-7-13(17)9-12(14)10-19-16(2,3)4/h7-9,19H,6,10-11H2,1-5H3,(H,18,21). The lowest BCUT2D eigenvalue weighted by Gasteiger charge is -2.27. The number of benzene rings is 1. The van der Waals surface area contributed by atoms with Crippen LogP contribution in [-0.4, -0.2) is 31.6 Å². The second-order valence-corrected chi connectivity index (χ2v) is 6.98. The van der Waals surface area contributed by atoms with E-state index in [4.69, 9.17) is 0 Å². The molecule has 0 aliphatic carbocycles. The van der Waals surface area contributed by atoms with Gasteiger partial charge in [0.15, 0.2) is 0 Å². The maximum absolute atomic E-state index is 11.7. The molecule has 0 saturated carbocycles. The van der Waals surface area contributed by atoms with Crippen molar-refractivity contribution in [1.29, 1.82) is 0 Å². The van der Waals surface area contributed by atoms with Gasteiger partial charge >= 0.3 is 0 Å². The molecule has 1 aromatic carbocycles. The Morgan fingerprint density at radius 3 is 2.52 bits per heavy atom. The van der Waals surface area contributed by atoms with E-state index < -0.39 is 0 Å². The summed E-state index contributed by atoms with van der Waals surface area (Å²) in [6, 6.07) is 6.19. The van der Waals surface area contributed by atoms with Crippen molar-refractivity contribution in [3.63, 3.8) is 0 Å². The predicted octanol–water partition coefficient (Wildman–Crippen LogP) is 2.91. The quantitative estimate of drug-likeness (QED) is 0.824. The molecule has 1 rings (SSSR count). The first kappa shape index (κ1) is 18.0. The summed E-state index contributed by atoms with van der Waals surface area (Å²) in [5.41, 5.74) is 2.34. The maximum Gasteiger partial charge on any atom is 0.239 e. The number of likely N-dealkylation sites (N-methyl/N-ethyl adjacent to an activating group) is 2. The highest BCUT2D eigenvalue weighted by molar-refractivity contribution is 9.10. The highest BCUT2D eigenvalue weighted by atomic mass is 79.9. The van der Waals surface area contributed by atoms with Crippen molar-refractivity contribution in [2.45, 2.75) is 39.8 Å². The summed E-state index contributed by atoms with van der Waals surface area (Å²) in [4.78, 5) is 13.8. The second-order valence-electron chi connectivity index (χ2n) is 6.06. The van der Waals surface area contributed by atoms with E-state index in [-0.39, 0.29) is 11.4 Å². The van der Waals surface area contributed by atoms with Crippen molar-refractivity contribution in [3.8, 4) is 0 Å². The zero-order valence-electron chi connectivity index (χ0n) is 13.6. The number of hydrogen-bond acceptors (Lipinski definition) is 3. The molecule has 0 aliphatic heterocycles. The van der Waals surface area contributed by atoms with E-state index in [0.717, 1.165) is 23.2 Å². The molecule has 0 radical (unpaired) electrons. The molecule has 0 fully saturated rings. The summed E-state index contributed by atoms with van der Waals surface area (Å²) in [5.74, 6) is 0.0227. The number of carbonyl (C=O) groups excluding carboxylic acids is 1. The number of nitrogens with one attached hydrogen (secondary N) is 2.